The quantitative estimate of drug-likeness (QED) is 0.748. The van der Waals surface area contributed by atoms with Gasteiger partial charge in [0.1, 0.15) is 6.73 Å². The van der Waals surface area contributed by atoms with Gasteiger partial charge in [0.2, 0.25) is 0 Å². The Morgan fingerprint density at radius 2 is 2.07 bits per heavy atom. The molecule has 0 aliphatic carbocycles. The van der Waals surface area contributed by atoms with Gasteiger partial charge in [-0.15, -0.1) is 0 Å². The predicted molar refractivity (Wildman–Crippen MR) is 55.4 cm³/mol. The van der Waals surface area contributed by atoms with Crippen molar-refractivity contribution in [1.82, 2.24) is 10.2 Å². The second kappa shape index (κ2) is 5.11. The average Bonchev–Trinajstić information content (AvgIpc) is 2.65. The molecule has 0 unspecified atom stereocenters. The Kier molecular flexibility index (Phi) is 4.08. The van der Waals surface area contributed by atoms with Crippen LogP contribution >= 0.6 is 0 Å². The zero-order valence-corrected chi connectivity index (χ0v) is 9.45. The highest BCUT2D eigenvalue weighted by atomic mass is 16.5. The van der Waals surface area contributed by atoms with Gasteiger partial charge < -0.3 is 10.1 Å². The Hall–Kier alpha value is -1.10. The van der Waals surface area contributed by atoms with Crippen molar-refractivity contribution in [3.05, 3.63) is 0 Å². The average molecular weight is 214 g/mol. The van der Waals surface area contributed by atoms with Crippen LogP contribution in [-0.4, -0.2) is 42.6 Å². The molecule has 2 amide bonds. The van der Waals surface area contributed by atoms with E-state index in [1.165, 1.54) is 6.92 Å². The first kappa shape index (κ1) is 12.0. The first-order valence-electron chi connectivity index (χ1n) is 5.16. The summed E-state index contributed by atoms with van der Waals surface area (Å²) in [5.74, 6) is 0.0911. The van der Waals surface area contributed by atoms with Crippen molar-refractivity contribution < 1.29 is 14.3 Å². The number of nitrogens with one attached hydrogen (secondary N) is 1. The van der Waals surface area contributed by atoms with Gasteiger partial charge in [0.05, 0.1) is 12.6 Å². The van der Waals surface area contributed by atoms with Crippen LogP contribution in [0.5, 0.6) is 0 Å². The van der Waals surface area contributed by atoms with Crippen LogP contribution in [0.25, 0.3) is 0 Å². The van der Waals surface area contributed by atoms with Gasteiger partial charge in [-0.2, -0.15) is 0 Å². The molecule has 86 valence electrons. The number of ether oxygens (including phenoxy) is 1. The molecule has 1 heterocycles. The molecule has 5 heteroatoms. The van der Waals surface area contributed by atoms with Gasteiger partial charge in [0, 0.05) is 6.54 Å². The van der Waals surface area contributed by atoms with Crippen LogP contribution in [0.1, 0.15) is 20.8 Å². The maximum absolute atomic E-state index is 11.6. The highest BCUT2D eigenvalue weighted by Crippen LogP contribution is 2.05. The van der Waals surface area contributed by atoms with Gasteiger partial charge in [-0.25, -0.2) is 4.79 Å². The molecule has 1 aliphatic heterocycles. The topological polar surface area (TPSA) is 58.6 Å². The summed E-state index contributed by atoms with van der Waals surface area (Å²) in [6, 6.07) is -0.625. The summed E-state index contributed by atoms with van der Waals surface area (Å²) in [5.41, 5.74) is 0. The summed E-state index contributed by atoms with van der Waals surface area (Å²) in [6.07, 6.45) is 0. The van der Waals surface area contributed by atoms with Crippen LogP contribution in [0, 0.1) is 5.92 Å². The molecule has 1 fully saturated rings. The Bertz CT molecular complexity index is 247. The molecule has 0 saturated carbocycles. The number of hydrogen-bond donors (Lipinski definition) is 1. The summed E-state index contributed by atoms with van der Waals surface area (Å²) >= 11 is 0. The standard InChI is InChI=1S/C10H18N2O3/c1-7(2)9(8(3)13)11-10(14)12-4-5-15-6-12/h7,9H,4-6H2,1-3H3,(H,11,14)/t9-/m0/s1. The monoisotopic (exact) mass is 214 g/mol. The Balaban J connectivity index is 2.50. The number of Topliss-reactive ketones (excluding diaryl/α,β-unsaturated/α-hetero) is 1. The molecular formula is C10H18N2O3. The normalized spacial score (nSPS) is 18.0. The SMILES string of the molecule is CC(=O)[C@@H](NC(=O)N1CCOC1)C(C)C. The minimum absolute atomic E-state index is 0.0153. The largest absolute Gasteiger partial charge is 0.359 e. The number of amides is 2. The van der Waals surface area contributed by atoms with Crippen molar-refractivity contribution >= 4 is 11.8 Å². The Labute approximate surface area is 89.8 Å². The van der Waals surface area contributed by atoms with Gasteiger partial charge in [-0.1, -0.05) is 13.8 Å². The molecular weight excluding hydrogens is 196 g/mol. The van der Waals surface area contributed by atoms with E-state index in [4.69, 9.17) is 4.74 Å². The van der Waals surface area contributed by atoms with Crippen LogP contribution in [0.2, 0.25) is 0 Å². The second-order valence-corrected chi connectivity index (χ2v) is 4.08. The number of ketones is 1. The lowest BCUT2D eigenvalue weighted by Gasteiger charge is -2.22. The molecule has 1 rings (SSSR count). The Morgan fingerprint density at radius 1 is 1.40 bits per heavy atom. The molecule has 1 N–H and O–H groups in total. The fourth-order valence-corrected chi connectivity index (χ4v) is 1.54. The fraction of sp³-hybridized carbons (Fsp3) is 0.800. The smallest absolute Gasteiger partial charge is 0.319 e. The highest BCUT2D eigenvalue weighted by molar-refractivity contribution is 5.87. The zero-order chi connectivity index (χ0) is 11.4. The van der Waals surface area contributed by atoms with E-state index < -0.39 is 6.04 Å². The van der Waals surface area contributed by atoms with Crippen molar-refractivity contribution in [3.8, 4) is 0 Å². The third-order valence-electron chi connectivity index (χ3n) is 2.42. The van der Waals surface area contributed by atoms with Crippen molar-refractivity contribution in [2.75, 3.05) is 19.9 Å². The maximum atomic E-state index is 11.6. The summed E-state index contributed by atoms with van der Waals surface area (Å²) in [4.78, 5) is 24.5. The molecule has 15 heavy (non-hydrogen) atoms. The van der Waals surface area contributed by atoms with Crippen LogP contribution in [0.4, 0.5) is 4.79 Å². The van der Waals surface area contributed by atoms with E-state index in [1.54, 1.807) is 4.90 Å². The van der Waals surface area contributed by atoms with Crippen molar-refractivity contribution in [3.63, 3.8) is 0 Å². The van der Waals surface area contributed by atoms with E-state index in [2.05, 4.69) is 5.32 Å². The first-order valence-corrected chi connectivity index (χ1v) is 5.16. The molecule has 0 aromatic rings. The summed E-state index contributed by atoms with van der Waals surface area (Å²) in [7, 11) is 0. The Morgan fingerprint density at radius 3 is 2.47 bits per heavy atom. The van der Waals surface area contributed by atoms with Crippen LogP contribution in [0.15, 0.2) is 0 Å². The molecule has 0 spiro atoms. The van der Waals surface area contributed by atoms with Gasteiger partial charge >= 0.3 is 6.03 Å². The van der Waals surface area contributed by atoms with E-state index >= 15 is 0 Å². The zero-order valence-electron chi connectivity index (χ0n) is 9.45. The number of urea groups is 1. The van der Waals surface area contributed by atoms with Gasteiger partial charge in [0.15, 0.2) is 5.78 Å². The molecule has 0 radical (unpaired) electrons. The number of nitrogens with zero attached hydrogens (tertiary/aromatic N) is 1. The van der Waals surface area contributed by atoms with E-state index in [9.17, 15) is 9.59 Å². The molecule has 0 aromatic heterocycles. The molecule has 1 saturated heterocycles. The number of carbonyl (C=O) groups is 2. The lowest BCUT2D eigenvalue weighted by atomic mass is 10.0. The van der Waals surface area contributed by atoms with E-state index in [0.717, 1.165) is 0 Å². The lowest BCUT2D eigenvalue weighted by Crippen LogP contribution is -2.48. The minimum atomic E-state index is -0.405. The van der Waals surface area contributed by atoms with E-state index in [1.807, 2.05) is 13.8 Å². The summed E-state index contributed by atoms with van der Waals surface area (Å²) < 4.78 is 5.06. The maximum Gasteiger partial charge on any atom is 0.319 e. The molecule has 0 bridgehead atoms. The predicted octanol–water partition coefficient (Wildman–Crippen LogP) is 0.599. The number of carbonyl (C=O) groups excluding carboxylic acids is 2. The molecule has 1 aliphatic rings. The highest BCUT2D eigenvalue weighted by Gasteiger charge is 2.25. The lowest BCUT2D eigenvalue weighted by molar-refractivity contribution is -0.119. The second-order valence-electron chi connectivity index (χ2n) is 4.08. The van der Waals surface area contributed by atoms with Crippen LogP contribution < -0.4 is 5.32 Å². The first-order chi connectivity index (χ1) is 7.02. The molecule has 1 atom stereocenters. The number of hydrogen-bond acceptors (Lipinski definition) is 3. The number of rotatable bonds is 3. The third-order valence-corrected chi connectivity index (χ3v) is 2.42. The molecule has 0 aromatic carbocycles. The van der Waals surface area contributed by atoms with Gasteiger partial charge in [0.25, 0.3) is 0 Å². The van der Waals surface area contributed by atoms with Crippen molar-refractivity contribution in [1.29, 1.82) is 0 Å². The van der Waals surface area contributed by atoms with E-state index in [0.29, 0.717) is 19.9 Å². The third kappa shape index (κ3) is 3.20. The summed E-state index contributed by atoms with van der Waals surface area (Å²) in [6.45, 7) is 6.79. The fourth-order valence-electron chi connectivity index (χ4n) is 1.54. The van der Waals surface area contributed by atoms with E-state index in [-0.39, 0.29) is 17.7 Å². The minimum Gasteiger partial charge on any atom is -0.359 e. The van der Waals surface area contributed by atoms with Crippen LogP contribution in [-0.2, 0) is 9.53 Å². The van der Waals surface area contributed by atoms with Gasteiger partial charge in [-0.3, -0.25) is 9.69 Å². The van der Waals surface area contributed by atoms with Crippen molar-refractivity contribution in [2.24, 2.45) is 5.92 Å². The van der Waals surface area contributed by atoms with Gasteiger partial charge in [-0.05, 0) is 12.8 Å². The molecule has 5 nitrogen and oxygen atoms in total. The van der Waals surface area contributed by atoms with Crippen molar-refractivity contribution in [2.45, 2.75) is 26.8 Å². The summed E-state index contributed by atoms with van der Waals surface area (Å²) in [5, 5.41) is 2.72. The van der Waals surface area contributed by atoms with Crippen LogP contribution in [0.3, 0.4) is 0 Å².